The van der Waals surface area contributed by atoms with Crippen LogP contribution in [0, 0.1) is 5.82 Å². The van der Waals surface area contributed by atoms with Crippen LogP contribution < -0.4 is 4.74 Å². The van der Waals surface area contributed by atoms with Gasteiger partial charge in [-0.2, -0.15) is 0 Å². The first kappa shape index (κ1) is 24.3. The number of aromatic hydroxyl groups is 1. The summed E-state index contributed by atoms with van der Waals surface area (Å²) in [6.45, 7) is 4.34. The second kappa shape index (κ2) is 14.3. The van der Waals surface area contributed by atoms with Crippen LogP contribution >= 0.6 is 0 Å². The monoisotopic (exact) mass is 396 g/mol. The van der Waals surface area contributed by atoms with Gasteiger partial charge in [0.1, 0.15) is 5.82 Å². The molecule has 0 unspecified atom stereocenters. The maximum absolute atomic E-state index is 14.7. The molecule has 5 heteroatoms. The maximum atomic E-state index is 14.7. The summed E-state index contributed by atoms with van der Waals surface area (Å²) in [5.41, 5.74) is 1.03. The molecule has 0 bridgehead atoms. The fourth-order valence-corrected chi connectivity index (χ4v) is 3.58. The minimum atomic E-state index is -1.55. The Balaban J connectivity index is 2.79. The van der Waals surface area contributed by atoms with Crippen LogP contribution in [0.4, 0.5) is 9.18 Å². The molecule has 0 heterocycles. The summed E-state index contributed by atoms with van der Waals surface area (Å²) in [7, 11) is 0. The van der Waals surface area contributed by atoms with E-state index in [2.05, 4.69) is 18.6 Å². The summed E-state index contributed by atoms with van der Waals surface area (Å²) in [6.07, 6.45) is 12.7. The standard InChI is InChI=1S/C23H37FO4/c1-3-5-7-9-11-13-15-18-19(16-14-12-10-8-6-4-2)22(25)21(17-20(18)24)28-23(26)27/h17,25H,3-16H2,1-2H3,(H,26,27). The molecular weight excluding hydrogens is 359 g/mol. The van der Waals surface area contributed by atoms with Crippen molar-refractivity contribution in [3.05, 3.63) is 23.0 Å². The Morgan fingerprint density at radius 3 is 1.82 bits per heavy atom. The summed E-state index contributed by atoms with van der Waals surface area (Å²) < 4.78 is 19.2. The van der Waals surface area contributed by atoms with Crippen molar-refractivity contribution in [3.63, 3.8) is 0 Å². The Morgan fingerprint density at radius 2 is 1.32 bits per heavy atom. The van der Waals surface area contributed by atoms with Crippen LogP contribution in [0.5, 0.6) is 11.5 Å². The molecule has 4 nitrogen and oxygen atoms in total. The van der Waals surface area contributed by atoms with Gasteiger partial charge >= 0.3 is 6.16 Å². The lowest BCUT2D eigenvalue weighted by atomic mass is 9.94. The van der Waals surface area contributed by atoms with Crippen molar-refractivity contribution in [3.8, 4) is 11.5 Å². The van der Waals surface area contributed by atoms with Gasteiger partial charge in [-0.1, -0.05) is 78.1 Å². The van der Waals surface area contributed by atoms with Crippen LogP contribution in [0.3, 0.4) is 0 Å². The minimum Gasteiger partial charge on any atom is -0.504 e. The van der Waals surface area contributed by atoms with Crippen LogP contribution in [-0.4, -0.2) is 16.4 Å². The van der Waals surface area contributed by atoms with Crippen LogP contribution in [0.2, 0.25) is 0 Å². The first-order valence-corrected chi connectivity index (χ1v) is 10.9. The zero-order chi connectivity index (χ0) is 20.8. The van der Waals surface area contributed by atoms with Crippen LogP contribution in [0.25, 0.3) is 0 Å². The van der Waals surface area contributed by atoms with Crippen molar-refractivity contribution in [1.82, 2.24) is 0 Å². The molecule has 0 radical (unpaired) electrons. The highest BCUT2D eigenvalue weighted by atomic mass is 19.1. The topological polar surface area (TPSA) is 66.8 Å². The van der Waals surface area contributed by atoms with Crippen molar-refractivity contribution < 1.29 is 24.1 Å². The Labute approximate surface area is 169 Å². The highest BCUT2D eigenvalue weighted by Crippen LogP contribution is 2.36. The van der Waals surface area contributed by atoms with Crippen LogP contribution in [0.15, 0.2) is 6.07 Å². The average Bonchev–Trinajstić information content (AvgIpc) is 2.65. The van der Waals surface area contributed by atoms with E-state index in [1.54, 1.807) is 0 Å². The van der Waals surface area contributed by atoms with E-state index in [1.165, 1.54) is 38.5 Å². The fraction of sp³-hybridized carbons (Fsp3) is 0.696. The molecule has 0 aliphatic carbocycles. The molecule has 0 spiro atoms. The molecule has 1 aromatic rings. The number of hydrogen-bond donors (Lipinski definition) is 2. The molecular formula is C23H37FO4. The lowest BCUT2D eigenvalue weighted by Gasteiger charge is -2.15. The number of carboxylic acid groups (broad SMARTS) is 1. The second-order valence-corrected chi connectivity index (χ2v) is 7.57. The fourth-order valence-electron chi connectivity index (χ4n) is 3.58. The molecule has 0 aliphatic rings. The molecule has 0 saturated carbocycles. The molecule has 1 aromatic carbocycles. The molecule has 0 aromatic heterocycles. The number of rotatable bonds is 15. The first-order valence-electron chi connectivity index (χ1n) is 10.9. The Hall–Kier alpha value is -1.78. The average molecular weight is 397 g/mol. The molecule has 0 fully saturated rings. The second-order valence-electron chi connectivity index (χ2n) is 7.57. The number of phenols is 1. The predicted molar refractivity (Wildman–Crippen MR) is 111 cm³/mol. The maximum Gasteiger partial charge on any atom is 0.511 e. The molecule has 0 amide bonds. The molecule has 0 atom stereocenters. The van der Waals surface area contributed by atoms with Crippen molar-refractivity contribution >= 4 is 6.16 Å². The molecule has 0 saturated heterocycles. The molecule has 1 rings (SSSR count). The third-order valence-corrected chi connectivity index (χ3v) is 5.19. The first-order chi connectivity index (χ1) is 13.5. The molecule has 0 aliphatic heterocycles. The van der Waals surface area contributed by atoms with Gasteiger partial charge < -0.3 is 14.9 Å². The number of carbonyl (C=O) groups is 1. The van der Waals surface area contributed by atoms with E-state index in [4.69, 9.17) is 5.11 Å². The Morgan fingerprint density at radius 1 is 0.857 bits per heavy atom. The lowest BCUT2D eigenvalue weighted by molar-refractivity contribution is 0.142. The van der Waals surface area contributed by atoms with Gasteiger partial charge in [-0.15, -0.1) is 0 Å². The molecule has 2 N–H and O–H groups in total. The highest BCUT2D eigenvalue weighted by Gasteiger charge is 2.20. The quantitative estimate of drug-likeness (QED) is 0.184. The van der Waals surface area contributed by atoms with Gasteiger partial charge in [0.2, 0.25) is 0 Å². The number of benzene rings is 1. The Bertz CT molecular complexity index is 586. The summed E-state index contributed by atoms with van der Waals surface area (Å²) in [5.74, 6) is -1.01. The zero-order valence-corrected chi connectivity index (χ0v) is 17.6. The van der Waals surface area contributed by atoms with Gasteiger partial charge in [0.05, 0.1) is 0 Å². The van der Waals surface area contributed by atoms with Gasteiger partial charge in [0, 0.05) is 11.6 Å². The van der Waals surface area contributed by atoms with E-state index >= 15 is 0 Å². The number of halogens is 1. The van der Waals surface area contributed by atoms with Gasteiger partial charge in [0.25, 0.3) is 0 Å². The third-order valence-electron chi connectivity index (χ3n) is 5.19. The lowest BCUT2D eigenvalue weighted by Crippen LogP contribution is -2.07. The van der Waals surface area contributed by atoms with Crippen LogP contribution in [0.1, 0.15) is 102 Å². The van der Waals surface area contributed by atoms with E-state index < -0.39 is 12.0 Å². The number of ether oxygens (including phenoxy) is 1. The van der Waals surface area contributed by atoms with E-state index in [-0.39, 0.29) is 11.5 Å². The van der Waals surface area contributed by atoms with E-state index in [0.717, 1.165) is 44.6 Å². The van der Waals surface area contributed by atoms with Crippen molar-refractivity contribution in [1.29, 1.82) is 0 Å². The summed E-state index contributed by atoms with van der Waals surface area (Å²) >= 11 is 0. The zero-order valence-electron chi connectivity index (χ0n) is 17.6. The highest BCUT2D eigenvalue weighted by molar-refractivity contribution is 5.64. The normalized spacial score (nSPS) is 11.0. The largest absolute Gasteiger partial charge is 0.511 e. The molecule has 28 heavy (non-hydrogen) atoms. The van der Waals surface area contributed by atoms with Gasteiger partial charge in [0.15, 0.2) is 11.5 Å². The predicted octanol–water partition coefficient (Wildman–Crippen LogP) is 7.39. The number of phenolic OH excluding ortho intramolecular Hbond substituents is 1. The smallest absolute Gasteiger partial charge is 0.504 e. The minimum absolute atomic E-state index is 0.224. The van der Waals surface area contributed by atoms with Gasteiger partial charge in [-0.25, -0.2) is 9.18 Å². The van der Waals surface area contributed by atoms with E-state index in [1.807, 2.05) is 0 Å². The summed E-state index contributed by atoms with van der Waals surface area (Å²) in [6, 6.07) is 1.00. The van der Waals surface area contributed by atoms with Gasteiger partial charge in [-0.05, 0) is 31.2 Å². The van der Waals surface area contributed by atoms with Crippen molar-refractivity contribution in [2.75, 3.05) is 0 Å². The van der Waals surface area contributed by atoms with E-state index in [9.17, 15) is 14.3 Å². The van der Waals surface area contributed by atoms with Crippen molar-refractivity contribution in [2.24, 2.45) is 0 Å². The number of hydrogen-bond acceptors (Lipinski definition) is 3. The van der Waals surface area contributed by atoms with E-state index in [0.29, 0.717) is 24.0 Å². The van der Waals surface area contributed by atoms with Crippen LogP contribution in [-0.2, 0) is 12.8 Å². The molecule has 160 valence electrons. The third kappa shape index (κ3) is 8.94. The van der Waals surface area contributed by atoms with Crippen molar-refractivity contribution in [2.45, 2.75) is 104 Å². The SMILES string of the molecule is CCCCCCCCc1c(F)cc(OC(=O)O)c(O)c1CCCCCCCC. The summed E-state index contributed by atoms with van der Waals surface area (Å²) in [5, 5.41) is 19.3. The Kier molecular flexibility index (Phi) is 12.3. The summed E-state index contributed by atoms with van der Waals surface area (Å²) in [4.78, 5) is 10.8. The number of unbranched alkanes of at least 4 members (excludes halogenated alkanes) is 10. The van der Waals surface area contributed by atoms with Gasteiger partial charge in [-0.3, -0.25) is 0 Å².